The number of hydrogen-bond donors (Lipinski definition) is 0. The molecule has 0 radical (unpaired) electrons. The molecule has 15 heavy (non-hydrogen) atoms. The fourth-order valence-corrected chi connectivity index (χ4v) is 1.67. The van der Waals surface area contributed by atoms with Gasteiger partial charge < -0.3 is 9.47 Å². The second-order valence-electron chi connectivity index (χ2n) is 3.48. The summed E-state index contributed by atoms with van der Waals surface area (Å²) in [6, 6.07) is 1.67. The van der Waals surface area contributed by atoms with Gasteiger partial charge in [-0.3, -0.25) is 4.57 Å². The van der Waals surface area contributed by atoms with Crippen LogP contribution in [0.1, 0.15) is 25.5 Å². The van der Waals surface area contributed by atoms with E-state index in [-0.39, 0.29) is 11.9 Å². The summed E-state index contributed by atoms with van der Waals surface area (Å²) in [5.74, 6) is 0.340. The molecule has 1 aliphatic rings. The number of methoxy groups -OCH3 is 1. The molecule has 0 bridgehead atoms. The SMILES string of the molecule is COc1ccn([C@@H]2CCCCO2)c(=O)n1. The first-order chi connectivity index (χ1) is 7.31. The third-order valence-electron chi connectivity index (χ3n) is 2.48. The maximum absolute atomic E-state index is 11.6. The molecule has 82 valence electrons. The molecule has 0 saturated carbocycles. The molecule has 1 aromatic rings. The first-order valence-electron chi connectivity index (χ1n) is 5.06. The molecule has 1 atom stereocenters. The van der Waals surface area contributed by atoms with E-state index in [9.17, 15) is 4.79 Å². The first-order valence-corrected chi connectivity index (χ1v) is 5.06. The Morgan fingerprint density at radius 3 is 3.07 bits per heavy atom. The van der Waals surface area contributed by atoms with Crippen LogP contribution in [0, 0.1) is 0 Å². The lowest BCUT2D eigenvalue weighted by Crippen LogP contribution is -2.30. The highest BCUT2D eigenvalue weighted by Gasteiger charge is 2.17. The van der Waals surface area contributed by atoms with Crippen LogP contribution < -0.4 is 10.4 Å². The molecule has 0 N–H and O–H groups in total. The van der Waals surface area contributed by atoms with Gasteiger partial charge in [-0.15, -0.1) is 0 Å². The zero-order valence-electron chi connectivity index (χ0n) is 8.68. The van der Waals surface area contributed by atoms with Crippen molar-refractivity contribution < 1.29 is 9.47 Å². The quantitative estimate of drug-likeness (QED) is 0.729. The lowest BCUT2D eigenvalue weighted by molar-refractivity contribution is -0.0349. The number of rotatable bonds is 2. The summed E-state index contributed by atoms with van der Waals surface area (Å²) in [4.78, 5) is 15.4. The third-order valence-corrected chi connectivity index (χ3v) is 2.48. The van der Waals surface area contributed by atoms with Crippen LogP contribution in [0.3, 0.4) is 0 Å². The molecule has 0 aromatic carbocycles. The van der Waals surface area contributed by atoms with Gasteiger partial charge in [0.1, 0.15) is 6.23 Å². The Balaban J connectivity index is 2.24. The van der Waals surface area contributed by atoms with Gasteiger partial charge in [0, 0.05) is 18.9 Å². The van der Waals surface area contributed by atoms with Crippen LogP contribution in [0.25, 0.3) is 0 Å². The van der Waals surface area contributed by atoms with Gasteiger partial charge in [0.05, 0.1) is 7.11 Å². The fraction of sp³-hybridized carbons (Fsp3) is 0.600. The lowest BCUT2D eigenvalue weighted by atomic mass is 10.2. The number of ether oxygens (including phenoxy) is 2. The summed E-state index contributed by atoms with van der Waals surface area (Å²) in [5, 5.41) is 0. The van der Waals surface area contributed by atoms with E-state index in [0.717, 1.165) is 19.3 Å². The largest absolute Gasteiger partial charge is 0.481 e. The molecule has 0 amide bonds. The van der Waals surface area contributed by atoms with E-state index in [0.29, 0.717) is 12.5 Å². The summed E-state index contributed by atoms with van der Waals surface area (Å²) in [6.45, 7) is 0.711. The van der Waals surface area contributed by atoms with Gasteiger partial charge >= 0.3 is 5.69 Å². The van der Waals surface area contributed by atoms with Crippen molar-refractivity contribution in [1.82, 2.24) is 9.55 Å². The third kappa shape index (κ3) is 2.18. The lowest BCUT2D eigenvalue weighted by Gasteiger charge is -2.23. The smallest absolute Gasteiger partial charge is 0.352 e. The Morgan fingerprint density at radius 2 is 2.47 bits per heavy atom. The first kappa shape index (κ1) is 10.2. The summed E-state index contributed by atoms with van der Waals surface area (Å²) >= 11 is 0. The van der Waals surface area contributed by atoms with Gasteiger partial charge in [0.25, 0.3) is 0 Å². The molecule has 2 rings (SSSR count). The van der Waals surface area contributed by atoms with Crippen LogP contribution in [0.5, 0.6) is 5.88 Å². The summed E-state index contributed by atoms with van der Waals surface area (Å²) in [5.41, 5.74) is -0.318. The Morgan fingerprint density at radius 1 is 1.60 bits per heavy atom. The normalized spacial score (nSPS) is 21.3. The van der Waals surface area contributed by atoms with E-state index in [1.165, 1.54) is 11.7 Å². The molecule has 1 fully saturated rings. The summed E-state index contributed by atoms with van der Waals surface area (Å²) in [6.07, 6.45) is 4.53. The van der Waals surface area contributed by atoms with Crippen LogP contribution >= 0.6 is 0 Å². The van der Waals surface area contributed by atoms with Crippen molar-refractivity contribution >= 4 is 0 Å². The average molecular weight is 210 g/mol. The molecular weight excluding hydrogens is 196 g/mol. The number of aromatic nitrogens is 2. The van der Waals surface area contributed by atoms with Crippen LogP contribution in [0.2, 0.25) is 0 Å². The van der Waals surface area contributed by atoms with Gasteiger partial charge in [-0.05, 0) is 19.3 Å². The average Bonchev–Trinajstić information content (AvgIpc) is 2.30. The molecule has 1 saturated heterocycles. The standard InChI is InChI=1S/C10H14N2O3/c1-14-8-5-6-12(10(13)11-8)9-4-2-3-7-15-9/h5-6,9H,2-4,7H2,1H3/t9-/m0/s1. The zero-order valence-corrected chi connectivity index (χ0v) is 8.68. The van der Waals surface area contributed by atoms with Crippen molar-refractivity contribution in [3.8, 4) is 5.88 Å². The van der Waals surface area contributed by atoms with E-state index in [2.05, 4.69) is 4.98 Å². The Labute approximate surface area is 87.7 Å². The second-order valence-corrected chi connectivity index (χ2v) is 3.48. The van der Waals surface area contributed by atoms with E-state index >= 15 is 0 Å². The van der Waals surface area contributed by atoms with Gasteiger partial charge in [0.15, 0.2) is 0 Å². The Kier molecular flexibility index (Phi) is 3.01. The Bertz CT molecular complexity index is 382. The number of nitrogens with zero attached hydrogens (tertiary/aromatic N) is 2. The molecule has 0 aliphatic carbocycles. The van der Waals surface area contributed by atoms with E-state index in [1.54, 1.807) is 12.3 Å². The second kappa shape index (κ2) is 4.44. The van der Waals surface area contributed by atoms with Crippen LogP contribution in [0.15, 0.2) is 17.1 Å². The molecule has 1 aliphatic heterocycles. The zero-order chi connectivity index (χ0) is 10.7. The van der Waals surface area contributed by atoms with Crippen LogP contribution in [0.4, 0.5) is 0 Å². The van der Waals surface area contributed by atoms with Crippen molar-refractivity contribution in [2.24, 2.45) is 0 Å². The fourth-order valence-electron chi connectivity index (χ4n) is 1.67. The highest BCUT2D eigenvalue weighted by Crippen LogP contribution is 2.20. The minimum Gasteiger partial charge on any atom is -0.481 e. The molecule has 5 nitrogen and oxygen atoms in total. The van der Waals surface area contributed by atoms with Gasteiger partial charge in [0.2, 0.25) is 5.88 Å². The molecule has 5 heteroatoms. The van der Waals surface area contributed by atoms with E-state index in [4.69, 9.17) is 9.47 Å². The summed E-state index contributed by atoms with van der Waals surface area (Å²) < 4.78 is 11.9. The highest BCUT2D eigenvalue weighted by molar-refractivity contribution is 5.05. The van der Waals surface area contributed by atoms with E-state index in [1.807, 2.05) is 0 Å². The van der Waals surface area contributed by atoms with Crippen LogP contribution in [-0.2, 0) is 4.74 Å². The van der Waals surface area contributed by atoms with E-state index < -0.39 is 0 Å². The molecule has 0 unspecified atom stereocenters. The minimum absolute atomic E-state index is 0.162. The molecule has 0 spiro atoms. The van der Waals surface area contributed by atoms with Crippen LogP contribution in [-0.4, -0.2) is 23.3 Å². The van der Waals surface area contributed by atoms with Crippen molar-refractivity contribution in [2.45, 2.75) is 25.5 Å². The maximum Gasteiger partial charge on any atom is 0.352 e. The van der Waals surface area contributed by atoms with Crippen molar-refractivity contribution in [3.05, 3.63) is 22.7 Å². The van der Waals surface area contributed by atoms with Gasteiger partial charge in [-0.25, -0.2) is 4.79 Å². The molecular formula is C10H14N2O3. The minimum atomic E-state index is -0.318. The predicted octanol–water partition coefficient (Wildman–Crippen LogP) is 0.951. The van der Waals surface area contributed by atoms with Crippen molar-refractivity contribution in [3.63, 3.8) is 0 Å². The molecule has 1 aromatic heterocycles. The number of hydrogen-bond acceptors (Lipinski definition) is 4. The Hall–Kier alpha value is -1.36. The predicted molar refractivity (Wildman–Crippen MR) is 53.9 cm³/mol. The molecule has 2 heterocycles. The monoisotopic (exact) mass is 210 g/mol. The van der Waals surface area contributed by atoms with Crippen molar-refractivity contribution in [2.75, 3.05) is 13.7 Å². The maximum atomic E-state index is 11.6. The topological polar surface area (TPSA) is 53.4 Å². The van der Waals surface area contributed by atoms with Gasteiger partial charge in [-0.2, -0.15) is 4.98 Å². The van der Waals surface area contributed by atoms with Gasteiger partial charge in [-0.1, -0.05) is 0 Å². The summed E-state index contributed by atoms with van der Waals surface area (Å²) in [7, 11) is 1.49. The highest BCUT2D eigenvalue weighted by atomic mass is 16.5. The van der Waals surface area contributed by atoms with Crippen molar-refractivity contribution in [1.29, 1.82) is 0 Å².